The minimum Gasteiger partial charge on any atom is -0.379 e. The summed E-state index contributed by atoms with van der Waals surface area (Å²) in [6.07, 6.45) is 22.2. The van der Waals surface area contributed by atoms with Crippen molar-refractivity contribution in [1.29, 1.82) is 0 Å². The normalized spacial score (nSPS) is 17.9. The maximum Gasteiger partial charge on any atom is 0.379 e. The molecule has 0 aromatic rings. The lowest BCUT2D eigenvalue weighted by Crippen LogP contribution is -2.41. The molecular weight excluding hydrogens is 449 g/mol. The average Bonchev–Trinajstić information content (AvgIpc) is 3.13. The number of Topliss-reactive ketones (excluding diaryl/α,β-unsaturated/α-hetero) is 1. The van der Waals surface area contributed by atoms with E-state index in [9.17, 15) is 14.2 Å². The molecule has 0 aliphatic carbocycles. The van der Waals surface area contributed by atoms with Gasteiger partial charge in [-0.05, 0) is 6.42 Å². The van der Waals surface area contributed by atoms with E-state index in [1.165, 1.54) is 96.8 Å². The molecule has 1 fully saturated rings. The Bertz CT molecular complexity index is 541. The summed E-state index contributed by atoms with van der Waals surface area (Å²) >= 11 is 0. The summed E-state index contributed by atoms with van der Waals surface area (Å²) in [5, 5.41) is 2.80. The molecule has 1 saturated heterocycles. The zero-order valence-electron chi connectivity index (χ0n) is 22.0. The maximum absolute atomic E-state index is 11.8. The van der Waals surface area contributed by atoms with Gasteiger partial charge < -0.3 is 14.8 Å². The quantitative estimate of drug-likeness (QED) is 0.122. The smallest absolute Gasteiger partial charge is 0.379 e. The zero-order valence-corrected chi connectivity index (χ0v) is 22.9. The van der Waals surface area contributed by atoms with Gasteiger partial charge in [-0.1, -0.05) is 108 Å². The van der Waals surface area contributed by atoms with Crippen LogP contribution in [0.2, 0.25) is 0 Å². The highest BCUT2D eigenvalue weighted by atomic mass is 31.1. The summed E-state index contributed by atoms with van der Waals surface area (Å²) < 4.78 is 23.1. The fourth-order valence-electron chi connectivity index (χ4n) is 4.40. The summed E-state index contributed by atoms with van der Waals surface area (Å²) in [4.78, 5) is 23.2. The van der Waals surface area contributed by atoms with E-state index in [2.05, 4.69) is 12.2 Å². The van der Waals surface area contributed by atoms with E-state index < -0.39 is 13.6 Å². The van der Waals surface area contributed by atoms with E-state index in [-0.39, 0.29) is 24.3 Å². The zero-order chi connectivity index (χ0) is 24.9. The Labute approximate surface area is 209 Å². The fraction of sp³-hybridized carbons (Fsp3) is 0.926. The molecule has 0 aromatic heterocycles. The molecule has 1 N–H and O–H groups in total. The van der Waals surface area contributed by atoms with Gasteiger partial charge in [0.1, 0.15) is 0 Å². The van der Waals surface area contributed by atoms with E-state index in [1.54, 1.807) is 0 Å². The third kappa shape index (κ3) is 16.7. The maximum atomic E-state index is 11.8. The molecule has 0 bridgehead atoms. The summed E-state index contributed by atoms with van der Waals surface area (Å²) in [6.45, 7) is 4.87. The van der Waals surface area contributed by atoms with Crippen LogP contribution in [0.5, 0.6) is 0 Å². The van der Waals surface area contributed by atoms with E-state index in [4.69, 9.17) is 9.47 Å². The molecule has 1 rings (SSSR count). The van der Waals surface area contributed by atoms with Crippen molar-refractivity contribution >= 4 is 19.5 Å². The second-order valence-electron chi connectivity index (χ2n) is 9.82. The summed E-state index contributed by atoms with van der Waals surface area (Å²) in [5.74, 6) is -1.08. The Balaban J connectivity index is 1.91. The molecular formula is C27H51NO5P+. The molecule has 1 aliphatic rings. The minimum atomic E-state index is -1.63. The molecule has 1 heterocycles. The van der Waals surface area contributed by atoms with Gasteiger partial charge in [0.25, 0.3) is 0 Å². The van der Waals surface area contributed by atoms with Gasteiger partial charge in [0.15, 0.2) is 6.16 Å². The first-order valence-electron chi connectivity index (χ1n) is 14.0. The van der Waals surface area contributed by atoms with Crippen molar-refractivity contribution in [2.45, 2.75) is 135 Å². The van der Waals surface area contributed by atoms with Crippen LogP contribution in [0.3, 0.4) is 0 Å². The van der Waals surface area contributed by atoms with Gasteiger partial charge in [0.05, 0.1) is 25.7 Å². The average molecular weight is 501 g/mol. The van der Waals surface area contributed by atoms with Gasteiger partial charge in [0, 0.05) is 13.5 Å². The predicted molar refractivity (Wildman–Crippen MR) is 140 cm³/mol. The first kappa shape index (κ1) is 31.2. The fourth-order valence-corrected chi connectivity index (χ4v) is 5.78. The number of nitrogens with one attached hydrogen (secondary N) is 1. The van der Waals surface area contributed by atoms with Crippen molar-refractivity contribution in [1.82, 2.24) is 5.32 Å². The Morgan fingerprint density at radius 1 is 0.882 bits per heavy atom. The van der Waals surface area contributed by atoms with Crippen LogP contribution in [-0.4, -0.2) is 49.6 Å². The Kier molecular flexibility index (Phi) is 19.7. The standard InChI is InChI=1S/C27H50NO5P/c1-3-4-5-6-7-8-9-10-11-12-13-14-15-16-17-18-20-32-22-25(28-24(2)29)23-33-27-26(30)19-21-34(27)31/h25,27H,3-23H2,1-2H3/p+1. The number of hydrogen-bond donors (Lipinski definition) is 1. The monoisotopic (exact) mass is 500 g/mol. The summed E-state index contributed by atoms with van der Waals surface area (Å²) in [5.41, 5.74) is 0. The number of hydrogen-bond acceptors (Lipinski definition) is 5. The minimum absolute atomic E-state index is 0.100. The SMILES string of the molecule is CCCCCCCCCCCCCCCCCCOCC(COC1C(=O)CC[P+]1=O)NC(C)=O. The third-order valence-corrected chi connectivity index (χ3v) is 8.06. The molecule has 0 aromatic carbocycles. The topological polar surface area (TPSA) is 81.7 Å². The van der Waals surface area contributed by atoms with E-state index in [0.29, 0.717) is 25.8 Å². The van der Waals surface area contributed by atoms with Gasteiger partial charge in [0.2, 0.25) is 11.7 Å². The van der Waals surface area contributed by atoms with Crippen molar-refractivity contribution in [3.63, 3.8) is 0 Å². The number of amides is 1. The highest BCUT2D eigenvalue weighted by Crippen LogP contribution is 2.37. The molecule has 0 saturated carbocycles. The Morgan fingerprint density at radius 2 is 1.38 bits per heavy atom. The van der Waals surface area contributed by atoms with Crippen LogP contribution < -0.4 is 5.32 Å². The number of ether oxygens (including phenoxy) is 2. The van der Waals surface area contributed by atoms with Crippen LogP contribution in [0.4, 0.5) is 0 Å². The first-order valence-corrected chi connectivity index (χ1v) is 15.5. The largest absolute Gasteiger partial charge is 0.379 e. The van der Waals surface area contributed by atoms with Crippen molar-refractivity contribution < 1.29 is 23.6 Å². The van der Waals surface area contributed by atoms with Gasteiger partial charge in [-0.15, -0.1) is 0 Å². The Hall–Kier alpha value is -0.840. The lowest BCUT2D eigenvalue weighted by Gasteiger charge is -2.18. The molecule has 0 spiro atoms. The number of unbranched alkanes of at least 4 members (excludes halogenated alkanes) is 15. The van der Waals surface area contributed by atoms with E-state index in [1.807, 2.05) is 0 Å². The van der Waals surface area contributed by atoms with Crippen LogP contribution >= 0.6 is 7.80 Å². The Morgan fingerprint density at radius 3 is 1.82 bits per heavy atom. The van der Waals surface area contributed by atoms with Crippen LogP contribution in [0.15, 0.2) is 0 Å². The molecule has 198 valence electrons. The molecule has 6 nitrogen and oxygen atoms in total. The number of ketones is 1. The molecule has 7 heteroatoms. The third-order valence-electron chi connectivity index (χ3n) is 6.44. The van der Waals surface area contributed by atoms with Crippen molar-refractivity contribution in [3.05, 3.63) is 0 Å². The molecule has 1 aliphatic heterocycles. The number of carbonyl (C=O) groups excluding carboxylic acids is 2. The second kappa shape index (κ2) is 21.4. The lowest BCUT2D eigenvalue weighted by molar-refractivity contribution is -0.125. The van der Waals surface area contributed by atoms with Crippen LogP contribution in [0.25, 0.3) is 0 Å². The van der Waals surface area contributed by atoms with Gasteiger partial charge in [-0.25, -0.2) is 0 Å². The molecule has 0 radical (unpaired) electrons. The van der Waals surface area contributed by atoms with Crippen LogP contribution in [0, 0.1) is 0 Å². The summed E-state index contributed by atoms with van der Waals surface area (Å²) in [6, 6.07) is -0.324. The first-order chi connectivity index (χ1) is 16.5. The van der Waals surface area contributed by atoms with Crippen molar-refractivity contribution in [2.75, 3.05) is 26.0 Å². The van der Waals surface area contributed by atoms with Crippen LogP contribution in [-0.2, 0) is 23.6 Å². The van der Waals surface area contributed by atoms with Crippen LogP contribution in [0.1, 0.15) is 123 Å². The molecule has 3 atom stereocenters. The molecule has 34 heavy (non-hydrogen) atoms. The predicted octanol–water partition coefficient (Wildman–Crippen LogP) is 6.91. The lowest BCUT2D eigenvalue weighted by atomic mass is 10.0. The van der Waals surface area contributed by atoms with E-state index >= 15 is 0 Å². The van der Waals surface area contributed by atoms with Gasteiger partial charge >= 0.3 is 13.6 Å². The molecule has 3 unspecified atom stereocenters. The van der Waals surface area contributed by atoms with Gasteiger partial charge in [-0.3, -0.25) is 9.59 Å². The number of rotatable bonds is 23. The van der Waals surface area contributed by atoms with Crippen molar-refractivity contribution in [3.8, 4) is 0 Å². The van der Waals surface area contributed by atoms with E-state index in [0.717, 1.165) is 12.8 Å². The number of carbonyl (C=O) groups is 2. The highest BCUT2D eigenvalue weighted by molar-refractivity contribution is 7.47. The van der Waals surface area contributed by atoms with Gasteiger partial charge in [-0.2, -0.15) is 0 Å². The van der Waals surface area contributed by atoms with Crippen molar-refractivity contribution in [2.24, 2.45) is 0 Å². The highest BCUT2D eigenvalue weighted by Gasteiger charge is 2.45. The molecule has 1 amide bonds. The second-order valence-corrected chi connectivity index (χ2v) is 11.6. The summed E-state index contributed by atoms with van der Waals surface area (Å²) in [7, 11) is -1.63.